The van der Waals surface area contributed by atoms with E-state index >= 15 is 0 Å². The van der Waals surface area contributed by atoms with Gasteiger partial charge in [-0.15, -0.1) is 0 Å². The predicted molar refractivity (Wildman–Crippen MR) is 62.0 cm³/mol. The monoisotopic (exact) mass is 235 g/mol. The predicted octanol–water partition coefficient (Wildman–Crippen LogP) is 2.98. The number of hydrogen-bond donors (Lipinski definition) is 2. The van der Waals surface area contributed by atoms with Crippen LogP contribution in [0.2, 0.25) is 0 Å². The van der Waals surface area contributed by atoms with Gasteiger partial charge in [0.05, 0.1) is 12.3 Å². The molecule has 0 saturated heterocycles. The zero-order valence-corrected chi connectivity index (χ0v) is 9.48. The zero-order valence-electron chi connectivity index (χ0n) is 9.48. The Morgan fingerprint density at radius 2 is 2.24 bits per heavy atom. The van der Waals surface area contributed by atoms with Gasteiger partial charge in [-0.25, -0.2) is 4.39 Å². The minimum atomic E-state index is -0.356. The lowest BCUT2D eigenvalue weighted by atomic mass is 10.1. The number of hydrogen-bond acceptors (Lipinski definition) is 3. The van der Waals surface area contributed by atoms with Crippen LogP contribution in [0.25, 0.3) is 0 Å². The van der Waals surface area contributed by atoms with Gasteiger partial charge in [-0.1, -0.05) is 0 Å². The van der Waals surface area contributed by atoms with Crippen molar-refractivity contribution in [2.24, 2.45) is 0 Å². The first-order valence-electron chi connectivity index (χ1n) is 5.41. The minimum absolute atomic E-state index is 0.00710. The molecule has 0 radical (unpaired) electrons. The molecule has 1 aromatic carbocycles. The van der Waals surface area contributed by atoms with E-state index in [-0.39, 0.29) is 17.6 Å². The fourth-order valence-electron chi connectivity index (χ4n) is 1.60. The van der Waals surface area contributed by atoms with Crippen molar-refractivity contribution in [3.05, 3.63) is 53.7 Å². The lowest BCUT2D eigenvalue weighted by Gasteiger charge is -2.12. The maximum Gasteiger partial charge on any atom is 0.123 e. The Morgan fingerprint density at radius 3 is 2.94 bits per heavy atom. The fourth-order valence-corrected chi connectivity index (χ4v) is 1.60. The van der Waals surface area contributed by atoms with Crippen molar-refractivity contribution >= 4 is 0 Å². The molecule has 0 fully saturated rings. The van der Waals surface area contributed by atoms with Crippen LogP contribution in [0.4, 0.5) is 4.39 Å². The van der Waals surface area contributed by atoms with E-state index in [0.717, 1.165) is 5.76 Å². The van der Waals surface area contributed by atoms with Crippen LogP contribution < -0.4 is 5.32 Å². The molecule has 2 rings (SSSR count). The summed E-state index contributed by atoms with van der Waals surface area (Å²) in [5, 5.41) is 12.7. The van der Waals surface area contributed by atoms with E-state index in [1.807, 2.05) is 19.1 Å². The maximum atomic E-state index is 13.0. The van der Waals surface area contributed by atoms with Crippen molar-refractivity contribution in [2.75, 3.05) is 0 Å². The summed E-state index contributed by atoms with van der Waals surface area (Å²) < 4.78 is 18.2. The van der Waals surface area contributed by atoms with E-state index in [9.17, 15) is 9.50 Å². The molecule has 0 aliphatic carbocycles. The van der Waals surface area contributed by atoms with Gasteiger partial charge in [0.2, 0.25) is 0 Å². The Morgan fingerprint density at radius 1 is 1.41 bits per heavy atom. The van der Waals surface area contributed by atoms with Crippen LogP contribution in [0, 0.1) is 5.82 Å². The number of nitrogens with one attached hydrogen (secondary N) is 1. The number of rotatable bonds is 4. The highest BCUT2D eigenvalue weighted by molar-refractivity contribution is 5.32. The third-order valence-corrected chi connectivity index (χ3v) is 2.61. The number of phenols is 1. The molecule has 3 nitrogen and oxygen atoms in total. The first-order chi connectivity index (χ1) is 8.16. The first kappa shape index (κ1) is 11.7. The van der Waals surface area contributed by atoms with Gasteiger partial charge in [0.1, 0.15) is 17.3 Å². The number of aromatic hydroxyl groups is 1. The molecule has 90 valence electrons. The molecule has 0 saturated carbocycles. The van der Waals surface area contributed by atoms with Gasteiger partial charge in [-0.2, -0.15) is 0 Å². The van der Waals surface area contributed by atoms with Crippen LogP contribution in [-0.2, 0) is 6.54 Å². The summed E-state index contributed by atoms with van der Waals surface area (Å²) in [6, 6.07) is 7.58. The van der Waals surface area contributed by atoms with E-state index in [4.69, 9.17) is 4.42 Å². The summed E-state index contributed by atoms with van der Waals surface area (Å²) in [6.45, 7) is 2.32. The first-order valence-corrected chi connectivity index (χ1v) is 5.41. The minimum Gasteiger partial charge on any atom is -0.508 e. The average molecular weight is 235 g/mol. The van der Waals surface area contributed by atoms with Gasteiger partial charge >= 0.3 is 0 Å². The smallest absolute Gasteiger partial charge is 0.123 e. The molecule has 2 N–H and O–H groups in total. The lowest BCUT2D eigenvalue weighted by molar-refractivity contribution is 0.421. The standard InChI is InChI=1S/C13H14FNO2/c1-9(13-3-2-6-17-13)15-8-10-7-11(14)4-5-12(10)16/h2-7,9,15-16H,8H2,1H3. The van der Waals surface area contributed by atoms with E-state index in [0.29, 0.717) is 12.1 Å². The van der Waals surface area contributed by atoms with E-state index in [1.54, 1.807) is 6.26 Å². The maximum absolute atomic E-state index is 13.0. The number of halogens is 1. The molecule has 0 amide bonds. The molecule has 0 aliphatic heterocycles. The molecule has 1 aromatic heterocycles. The lowest BCUT2D eigenvalue weighted by Crippen LogP contribution is -2.17. The molecule has 1 unspecified atom stereocenters. The molecular formula is C13H14FNO2. The average Bonchev–Trinajstić information content (AvgIpc) is 2.83. The third-order valence-electron chi connectivity index (χ3n) is 2.61. The summed E-state index contributed by atoms with van der Waals surface area (Å²) in [7, 11) is 0. The van der Waals surface area contributed by atoms with E-state index in [2.05, 4.69) is 5.32 Å². The molecule has 0 aliphatic rings. The number of furan rings is 1. The SMILES string of the molecule is CC(NCc1cc(F)ccc1O)c1ccco1. The van der Waals surface area contributed by atoms with Crippen LogP contribution in [0.5, 0.6) is 5.75 Å². The molecular weight excluding hydrogens is 221 g/mol. The van der Waals surface area contributed by atoms with Gasteiger partial charge in [-0.3, -0.25) is 0 Å². The number of benzene rings is 1. The molecule has 17 heavy (non-hydrogen) atoms. The van der Waals surface area contributed by atoms with E-state index in [1.165, 1.54) is 18.2 Å². The van der Waals surface area contributed by atoms with Gasteiger partial charge in [0, 0.05) is 12.1 Å². The zero-order chi connectivity index (χ0) is 12.3. The summed E-state index contributed by atoms with van der Waals surface area (Å²) in [6.07, 6.45) is 1.60. The Labute approximate surface area is 98.9 Å². The fraction of sp³-hybridized carbons (Fsp3) is 0.231. The molecule has 1 heterocycles. The van der Waals surface area contributed by atoms with Crippen LogP contribution in [0.15, 0.2) is 41.0 Å². The van der Waals surface area contributed by atoms with Crippen molar-refractivity contribution in [3.63, 3.8) is 0 Å². The molecule has 2 aromatic rings. The highest BCUT2D eigenvalue weighted by Gasteiger charge is 2.09. The molecule has 4 heteroatoms. The van der Waals surface area contributed by atoms with Crippen molar-refractivity contribution in [1.29, 1.82) is 0 Å². The van der Waals surface area contributed by atoms with Gasteiger partial charge in [-0.05, 0) is 37.3 Å². The van der Waals surface area contributed by atoms with Crippen molar-refractivity contribution < 1.29 is 13.9 Å². The van der Waals surface area contributed by atoms with Crippen LogP contribution >= 0.6 is 0 Å². The van der Waals surface area contributed by atoms with Crippen molar-refractivity contribution in [2.45, 2.75) is 19.5 Å². The van der Waals surface area contributed by atoms with Crippen LogP contribution in [0.3, 0.4) is 0 Å². The Hall–Kier alpha value is -1.81. The highest BCUT2D eigenvalue weighted by atomic mass is 19.1. The Kier molecular flexibility index (Phi) is 3.44. The highest BCUT2D eigenvalue weighted by Crippen LogP contribution is 2.19. The summed E-state index contributed by atoms with van der Waals surface area (Å²) in [5.41, 5.74) is 0.531. The normalized spacial score (nSPS) is 12.6. The second-order valence-corrected chi connectivity index (χ2v) is 3.89. The topological polar surface area (TPSA) is 45.4 Å². The van der Waals surface area contributed by atoms with Crippen molar-refractivity contribution in [1.82, 2.24) is 5.32 Å². The Balaban J connectivity index is 2.00. The Bertz CT molecular complexity index is 482. The van der Waals surface area contributed by atoms with Crippen molar-refractivity contribution in [3.8, 4) is 5.75 Å². The van der Waals surface area contributed by atoms with Gasteiger partial charge in [0.15, 0.2) is 0 Å². The molecule has 1 atom stereocenters. The molecule has 0 spiro atoms. The van der Waals surface area contributed by atoms with Crippen LogP contribution in [0.1, 0.15) is 24.3 Å². The quantitative estimate of drug-likeness (QED) is 0.856. The van der Waals surface area contributed by atoms with Crippen LogP contribution in [-0.4, -0.2) is 5.11 Å². The third kappa shape index (κ3) is 2.85. The summed E-state index contributed by atoms with van der Waals surface area (Å²) in [5.74, 6) is 0.539. The molecule has 0 bridgehead atoms. The largest absolute Gasteiger partial charge is 0.508 e. The van der Waals surface area contributed by atoms with Gasteiger partial charge in [0.25, 0.3) is 0 Å². The summed E-state index contributed by atoms with van der Waals surface area (Å²) in [4.78, 5) is 0. The van der Waals surface area contributed by atoms with Gasteiger partial charge < -0.3 is 14.8 Å². The second-order valence-electron chi connectivity index (χ2n) is 3.89. The second kappa shape index (κ2) is 5.01. The van der Waals surface area contributed by atoms with E-state index < -0.39 is 0 Å². The summed E-state index contributed by atoms with van der Waals surface area (Å²) >= 11 is 0. The number of phenolic OH excluding ortho intramolecular Hbond substituents is 1.